The second kappa shape index (κ2) is 11.4. The van der Waals surface area contributed by atoms with Gasteiger partial charge in [-0.05, 0) is 19.8 Å². The highest BCUT2D eigenvalue weighted by molar-refractivity contribution is 5.91. The van der Waals surface area contributed by atoms with Gasteiger partial charge in [-0.1, -0.05) is 63.7 Å². The fraction of sp³-hybridized carbons (Fsp3) is 0.667. The van der Waals surface area contributed by atoms with E-state index in [9.17, 15) is 4.79 Å². The van der Waals surface area contributed by atoms with E-state index in [1.165, 1.54) is 44.9 Å². The van der Waals surface area contributed by atoms with Crippen LogP contribution in [-0.2, 0) is 4.79 Å². The van der Waals surface area contributed by atoms with Gasteiger partial charge in [0.1, 0.15) is 0 Å². The lowest BCUT2D eigenvalue weighted by Crippen LogP contribution is -2.11. The monoisotopic (exact) mass is 237 g/mol. The summed E-state index contributed by atoms with van der Waals surface area (Å²) in [7, 11) is 0. The quantitative estimate of drug-likeness (QED) is 0.347. The molecule has 0 unspecified atom stereocenters. The normalized spacial score (nSPS) is 12.2. The van der Waals surface area contributed by atoms with Crippen LogP contribution in [0.3, 0.4) is 0 Å². The van der Waals surface area contributed by atoms with Crippen molar-refractivity contribution in [3.63, 3.8) is 0 Å². The highest BCUT2D eigenvalue weighted by atomic mass is 16.1. The Morgan fingerprint density at radius 1 is 1.06 bits per heavy atom. The van der Waals surface area contributed by atoms with Gasteiger partial charge >= 0.3 is 0 Å². The van der Waals surface area contributed by atoms with Crippen molar-refractivity contribution in [2.45, 2.75) is 65.2 Å². The van der Waals surface area contributed by atoms with Crippen LogP contribution in [-0.4, -0.2) is 5.91 Å². The molecule has 98 valence electrons. The molecule has 0 saturated carbocycles. The van der Waals surface area contributed by atoms with Gasteiger partial charge in [0.05, 0.1) is 0 Å². The summed E-state index contributed by atoms with van der Waals surface area (Å²) in [4.78, 5) is 10.7. The van der Waals surface area contributed by atoms with Gasteiger partial charge in [0, 0.05) is 5.57 Å². The summed E-state index contributed by atoms with van der Waals surface area (Å²) in [6.07, 6.45) is 16.3. The van der Waals surface area contributed by atoms with Crippen molar-refractivity contribution in [3.05, 3.63) is 23.8 Å². The topological polar surface area (TPSA) is 43.1 Å². The fourth-order valence-corrected chi connectivity index (χ4v) is 1.61. The number of amides is 1. The zero-order chi connectivity index (χ0) is 12.9. The average Bonchev–Trinajstić information content (AvgIpc) is 2.31. The first-order chi connectivity index (χ1) is 8.18. The Kier molecular flexibility index (Phi) is 10.7. The predicted molar refractivity (Wildman–Crippen MR) is 74.7 cm³/mol. The third kappa shape index (κ3) is 11.2. The Labute approximate surface area is 106 Å². The molecule has 0 heterocycles. The molecule has 0 aliphatic heterocycles. The molecule has 2 N–H and O–H groups in total. The summed E-state index contributed by atoms with van der Waals surface area (Å²) in [6.45, 7) is 3.98. The molecule has 0 rings (SSSR count). The molecule has 0 aliphatic carbocycles. The third-order valence-electron chi connectivity index (χ3n) is 2.85. The van der Waals surface area contributed by atoms with Crippen molar-refractivity contribution in [2.24, 2.45) is 5.73 Å². The van der Waals surface area contributed by atoms with Gasteiger partial charge in [-0.25, -0.2) is 0 Å². The van der Waals surface area contributed by atoms with E-state index >= 15 is 0 Å². The smallest absolute Gasteiger partial charge is 0.244 e. The van der Waals surface area contributed by atoms with E-state index in [2.05, 4.69) is 13.0 Å². The number of unbranched alkanes of at least 4 members (excludes halogenated alkanes) is 7. The van der Waals surface area contributed by atoms with Crippen LogP contribution in [0.1, 0.15) is 65.2 Å². The zero-order valence-corrected chi connectivity index (χ0v) is 11.4. The number of nitrogens with two attached hydrogens (primary N) is 1. The Hall–Kier alpha value is -1.05. The minimum Gasteiger partial charge on any atom is -0.366 e. The maximum absolute atomic E-state index is 10.7. The summed E-state index contributed by atoms with van der Waals surface area (Å²) in [5, 5.41) is 0. The first kappa shape index (κ1) is 16.0. The lowest BCUT2D eigenvalue weighted by molar-refractivity contribution is -0.114. The summed E-state index contributed by atoms with van der Waals surface area (Å²) < 4.78 is 0. The van der Waals surface area contributed by atoms with Crippen molar-refractivity contribution in [1.82, 2.24) is 0 Å². The molecule has 0 aliphatic rings. The Bertz CT molecular complexity index is 254. The fourth-order valence-electron chi connectivity index (χ4n) is 1.61. The lowest BCUT2D eigenvalue weighted by Gasteiger charge is -1.98. The maximum Gasteiger partial charge on any atom is 0.244 e. The second-order valence-electron chi connectivity index (χ2n) is 4.55. The van der Waals surface area contributed by atoms with Crippen LogP contribution in [0.25, 0.3) is 0 Å². The molecule has 0 aromatic heterocycles. The van der Waals surface area contributed by atoms with E-state index in [0.717, 1.165) is 6.42 Å². The molecule has 2 heteroatoms. The van der Waals surface area contributed by atoms with E-state index in [1.807, 2.05) is 6.08 Å². The lowest BCUT2D eigenvalue weighted by atomic mass is 10.1. The van der Waals surface area contributed by atoms with Crippen LogP contribution >= 0.6 is 0 Å². The number of hydrogen-bond donors (Lipinski definition) is 1. The van der Waals surface area contributed by atoms with Crippen molar-refractivity contribution in [3.8, 4) is 0 Å². The standard InChI is InChI=1S/C15H27NO/c1-3-4-5-6-7-8-9-10-11-12-13-14(2)15(16)17/h11-13H,3-10H2,1-2H3,(H2,16,17). The summed E-state index contributed by atoms with van der Waals surface area (Å²) in [5.41, 5.74) is 5.73. The van der Waals surface area contributed by atoms with Crippen LogP contribution < -0.4 is 5.73 Å². The number of rotatable bonds is 10. The highest BCUT2D eigenvalue weighted by Gasteiger charge is 1.92. The van der Waals surface area contributed by atoms with Gasteiger partial charge in [-0.15, -0.1) is 0 Å². The van der Waals surface area contributed by atoms with Crippen molar-refractivity contribution < 1.29 is 4.79 Å². The first-order valence-corrected chi connectivity index (χ1v) is 6.81. The Morgan fingerprint density at radius 2 is 1.65 bits per heavy atom. The number of hydrogen-bond acceptors (Lipinski definition) is 1. The van der Waals surface area contributed by atoms with Crippen LogP contribution in [0.4, 0.5) is 0 Å². The summed E-state index contributed by atoms with van der Waals surface area (Å²) >= 11 is 0. The zero-order valence-electron chi connectivity index (χ0n) is 11.4. The van der Waals surface area contributed by atoms with E-state index in [1.54, 1.807) is 13.0 Å². The van der Waals surface area contributed by atoms with Crippen molar-refractivity contribution >= 4 is 5.91 Å². The van der Waals surface area contributed by atoms with Gasteiger partial charge < -0.3 is 5.73 Å². The van der Waals surface area contributed by atoms with Gasteiger partial charge in [0.25, 0.3) is 0 Å². The molecule has 2 nitrogen and oxygen atoms in total. The molecule has 0 spiro atoms. The minimum atomic E-state index is -0.342. The molecule has 0 aromatic rings. The molecule has 0 radical (unpaired) electrons. The van der Waals surface area contributed by atoms with Crippen LogP contribution in [0.5, 0.6) is 0 Å². The molecule has 1 amide bonds. The van der Waals surface area contributed by atoms with Crippen LogP contribution in [0.2, 0.25) is 0 Å². The molecular formula is C15H27NO. The minimum absolute atomic E-state index is 0.342. The summed E-state index contributed by atoms with van der Waals surface area (Å²) in [5.74, 6) is -0.342. The van der Waals surface area contributed by atoms with Gasteiger partial charge in [0.15, 0.2) is 0 Å². The highest BCUT2D eigenvalue weighted by Crippen LogP contribution is 2.08. The number of primary amides is 1. The average molecular weight is 237 g/mol. The number of allylic oxidation sites excluding steroid dienone is 3. The second-order valence-corrected chi connectivity index (χ2v) is 4.55. The van der Waals surface area contributed by atoms with E-state index in [4.69, 9.17) is 5.73 Å². The molecule has 0 bridgehead atoms. The number of carbonyl (C=O) groups is 1. The summed E-state index contributed by atoms with van der Waals surface area (Å²) in [6, 6.07) is 0. The van der Waals surface area contributed by atoms with Gasteiger partial charge in [0.2, 0.25) is 5.91 Å². The van der Waals surface area contributed by atoms with E-state index < -0.39 is 0 Å². The molecule has 17 heavy (non-hydrogen) atoms. The molecule has 0 saturated heterocycles. The largest absolute Gasteiger partial charge is 0.366 e. The molecule has 0 aromatic carbocycles. The first-order valence-electron chi connectivity index (χ1n) is 6.81. The van der Waals surface area contributed by atoms with Crippen LogP contribution in [0.15, 0.2) is 23.8 Å². The Morgan fingerprint density at radius 3 is 2.24 bits per heavy atom. The van der Waals surface area contributed by atoms with Crippen molar-refractivity contribution in [1.29, 1.82) is 0 Å². The maximum atomic E-state index is 10.7. The molecule has 0 fully saturated rings. The SMILES string of the molecule is CCCCCCCCCC=CC=C(C)C(N)=O. The van der Waals surface area contributed by atoms with E-state index in [-0.39, 0.29) is 5.91 Å². The van der Waals surface area contributed by atoms with Crippen LogP contribution in [0, 0.1) is 0 Å². The molecular weight excluding hydrogens is 210 g/mol. The van der Waals surface area contributed by atoms with Crippen molar-refractivity contribution in [2.75, 3.05) is 0 Å². The predicted octanol–water partition coefficient (Wildman–Crippen LogP) is 4.11. The Balaban J connectivity index is 3.36. The van der Waals surface area contributed by atoms with Gasteiger partial charge in [-0.3, -0.25) is 4.79 Å². The van der Waals surface area contributed by atoms with E-state index in [0.29, 0.717) is 5.57 Å². The third-order valence-corrected chi connectivity index (χ3v) is 2.85. The van der Waals surface area contributed by atoms with Gasteiger partial charge in [-0.2, -0.15) is 0 Å². The molecule has 0 atom stereocenters. The number of carbonyl (C=O) groups excluding carboxylic acids is 1.